The van der Waals surface area contributed by atoms with Crippen LogP contribution in [0.2, 0.25) is 5.02 Å². The number of aryl methyl sites for hydroxylation is 1. The highest BCUT2D eigenvalue weighted by molar-refractivity contribution is 6.32. The molecule has 114 valence electrons. The Kier molecular flexibility index (Phi) is 6.23. The number of hydrogen-bond donors (Lipinski definition) is 1. The van der Waals surface area contributed by atoms with E-state index in [0.29, 0.717) is 5.02 Å². The fourth-order valence-electron chi connectivity index (χ4n) is 2.10. The Balaban J connectivity index is 1.93. The molecule has 0 spiro atoms. The van der Waals surface area contributed by atoms with Crippen molar-refractivity contribution in [3.63, 3.8) is 0 Å². The number of unbranched alkanes of at least 4 members (excludes halogenated alkanes) is 1. The standard InChI is InChI=1S/C19H20ClNO/c1-2-3-6-15-9-12-17(13-10-15)21-19(22)14-11-16-7-4-5-8-18(16)20/h4-5,7-14H,2-3,6H2,1H3,(H,21,22)/b14-11+. The van der Waals surface area contributed by atoms with Crippen LogP contribution in [0.3, 0.4) is 0 Å². The Bertz CT molecular complexity index is 647. The maximum Gasteiger partial charge on any atom is 0.248 e. The van der Waals surface area contributed by atoms with E-state index in [0.717, 1.165) is 17.7 Å². The first-order valence-electron chi connectivity index (χ1n) is 7.51. The van der Waals surface area contributed by atoms with Gasteiger partial charge in [0.15, 0.2) is 0 Å². The summed E-state index contributed by atoms with van der Waals surface area (Å²) in [6, 6.07) is 15.4. The van der Waals surface area contributed by atoms with Gasteiger partial charge in [-0.1, -0.05) is 55.3 Å². The molecule has 0 saturated heterocycles. The lowest BCUT2D eigenvalue weighted by Crippen LogP contribution is -2.07. The molecule has 2 nitrogen and oxygen atoms in total. The Morgan fingerprint density at radius 1 is 1.14 bits per heavy atom. The van der Waals surface area contributed by atoms with Gasteiger partial charge in [0.05, 0.1) is 0 Å². The highest BCUT2D eigenvalue weighted by Gasteiger charge is 2.00. The second-order valence-corrected chi connectivity index (χ2v) is 5.55. The van der Waals surface area contributed by atoms with E-state index >= 15 is 0 Å². The molecule has 0 aliphatic heterocycles. The molecule has 0 radical (unpaired) electrons. The first-order chi connectivity index (χ1) is 10.7. The zero-order chi connectivity index (χ0) is 15.8. The molecule has 0 fully saturated rings. The lowest BCUT2D eigenvalue weighted by molar-refractivity contribution is -0.111. The van der Waals surface area contributed by atoms with Gasteiger partial charge in [-0.15, -0.1) is 0 Å². The number of carbonyl (C=O) groups is 1. The predicted molar refractivity (Wildman–Crippen MR) is 94.2 cm³/mol. The number of benzene rings is 2. The molecular weight excluding hydrogens is 294 g/mol. The van der Waals surface area contributed by atoms with E-state index in [4.69, 9.17) is 11.6 Å². The molecule has 0 saturated carbocycles. The van der Waals surface area contributed by atoms with Crippen molar-refractivity contribution in [2.75, 3.05) is 5.32 Å². The lowest BCUT2D eigenvalue weighted by Gasteiger charge is -2.04. The van der Waals surface area contributed by atoms with Crippen LogP contribution in [-0.2, 0) is 11.2 Å². The summed E-state index contributed by atoms with van der Waals surface area (Å²) in [4.78, 5) is 11.9. The summed E-state index contributed by atoms with van der Waals surface area (Å²) in [5, 5.41) is 3.48. The fourth-order valence-corrected chi connectivity index (χ4v) is 2.29. The van der Waals surface area contributed by atoms with Gasteiger partial charge >= 0.3 is 0 Å². The zero-order valence-electron chi connectivity index (χ0n) is 12.7. The zero-order valence-corrected chi connectivity index (χ0v) is 13.4. The molecule has 1 amide bonds. The molecule has 2 aromatic rings. The van der Waals surface area contributed by atoms with E-state index in [9.17, 15) is 4.79 Å². The van der Waals surface area contributed by atoms with Gasteiger partial charge in [0.25, 0.3) is 0 Å². The molecule has 0 heterocycles. The van der Waals surface area contributed by atoms with Crippen LogP contribution < -0.4 is 5.32 Å². The van der Waals surface area contributed by atoms with Crippen molar-refractivity contribution in [3.8, 4) is 0 Å². The topological polar surface area (TPSA) is 29.1 Å². The Morgan fingerprint density at radius 2 is 1.86 bits per heavy atom. The van der Waals surface area contributed by atoms with Gasteiger partial charge in [-0.05, 0) is 48.2 Å². The van der Waals surface area contributed by atoms with Gasteiger partial charge in [0.1, 0.15) is 0 Å². The number of carbonyl (C=O) groups excluding carboxylic acids is 1. The third-order valence-corrected chi connectivity index (χ3v) is 3.70. The largest absolute Gasteiger partial charge is 0.323 e. The fraction of sp³-hybridized carbons (Fsp3) is 0.211. The van der Waals surface area contributed by atoms with Gasteiger partial charge in [-0.2, -0.15) is 0 Å². The van der Waals surface area contributed by atoms with Crippen LogP contribution in [0.5, 0.6) is 0 Å². The average molecular weight is 314 g/mol. The highest BCUT2D eigenvalue weighted by Crippen LogP contribution is 2.16. The van der Waals surface area contributed by atoms with Crippen LogP contribution in [-0.4, -0.2) is 5.91 Å². The van der Waals surface area contributed by atoms with E-state index in [2.05, 4.69) is 24.4 Å². The molecule has 0 aromatic heterocycles. The predicted octanol–water partition coefficient (Wildman–Crippen LogP) is 5.33. The van der Waals surface area contributed by atoms with Crippen LogP contribution in [0.25, 0.3) is 6.08 Å². The minimum Gasteiger partial charge on any atom is -0.323 e. The van der Waals surface area contributed by atoms with Gasteiger partial charge in [0, 0.05) is 16.8 Å². The molecular formula is C19H20ClNO. The molecule has 3 heteroatoms. The van der Waals surface area contributed by atoms with Crippen molar-refractivity contribution in [2.24, 2.45) is 0 Å². The summed E-state index contributed by atoms with van der Waals surface area (Å²) in [6.07, 6.45) is 6.66. The van der Waals surface area contributed by atoms with Crippen LogP contribution in [0, 0.1) is 0 Å². The third kappa shape index (κ3) is 5.05. The number of rotatable bonds is 6. The Hall–Kier alpha value is -2.06. The van der Waals surface area contributed by atoms with Crippen LogP contribution >= 0.6 is 11.6 Å². The van der Waals surface area contributed by atoms with E-state index in [-0.39, 0.29) is 5.91 Å². The molecule has 0 unspecified atom stereocenters. The maximum absolute atomic E-state index is 11.9. The van der Waals surface area contributed by atoms with E-state index < -0.39 is 0 Å². The summed E-state index contributed by atoms with van der Waals surface area (Å²) in [6.45, 7) is 2.18. The van der Waals surface area contributed by atoms with Crippen LogP contribution in [0.1, 0.15) is 30.9 Å². The highest BCUT2D eigenvalue weighted by atomic mass is 35.5. The van der Waals surface area contributed by atoms with Gasteiger partial charge < -0.3 is 5.32 Å². The lowest BCUT2D eigenvalue weighted by atomic mass is 10.1. The van der Waals surface area contributed by atoms with E-state index in [1.165, 1.54) is 24.5 Å². The van der Waals surface area contributed by atoms with Crippen molar-refractivity contribution in [1.82, 2.24) is 0 Å². The average Bonchev–Trinajstić information content (AvgIpc) is 2.53. The smallest absolute Gasteiger partial charge is 0.248 e. The van der Waals surface area contributed by atoms with Gasteiger partial charge in [-0.3, -0.25) is 4.79 Å². The second kappa shape index (κ2) is 8.40. The minimum atomic E-state index is -0.166. The number of anilines is 1. The summed E-state index contributed by atoms with van der Waals surface area (Å²) in [5.74, 6) is -0.166. The maximum atomic E-state index is 11.9. The Morgan fingerprint density at radius 3 is 2.55 bits per heavy atom. The summed E-state index contributed by atoms with van der Waals surface area (Å²) in [5.41, 5.74) is 2.93. The Labute approximate surface area is 136 Å². The SMILES string of the molecule is CCCCc1ccc(NC(=O)/C=C/c2ccccc2Cl)cc1. The van der Waals surface area contributed by atoms with Crippen molar-refractivity contribution in [3.05, 3.63) is 70.8 Å². The van der Waals surface area contributed by atoms with Gasteiger partial charge in [0.2, 0.25) is 5.91 Å². The van der Waals surface area contributed by atoms with Crippen molar-refractivity contribution >= 4 is 29.3 Å². The van der Waals surface area contributed by atoms with Crippen molar-refractivity contribution in [2.45, 2.75) is 26.2 Å². The van der Waals surface area contributed by atoms with Crippen LogP contribution in [0.15, 0.2) is 54.6 Å². The summed E-state index contributed by atoms with van der Waals surface area (Å²) in [7, 11) is 0. The molecule has 0 atom stereocenters. The number of nitrogens with one attached hydrogen (secondary N) is 1. The minimum absolute atomic E-state index is 0.166. The molecule has 1 N–H and O–H groups in total. The molecule has 2 rings (SSSR count). The number of halogens is 1. The third-order valence-electron chi connectivity index (χ3n) is 3.36. The van der Waals surface area contributed by atoms with E-state index in [1.807, 2.05) is 30.3 Å². The van der Waals surface area contributed by atoms with Crippen molar-refractivity contribution < 1.29 is 4.79 Å². The first-order valence-corrected chi connectivity index (χ1v) is 7.89. The van der Waals surface area contributed by atoms with Gasteiger partial charge in [-0.25, -0.2) is 0 Å². The number of hydrogen-bond acceptors (Lipinski definition) is 1. The first kappa shape index (κ1) is 16.3. The molecule has 0 aliphatic carbocycles. The molecule has 22 heavy (non-hydrogen) atoms. The molecule has 0 bridgehead atoms. The van der Waals surface area contributed by atoms with E-state index in [1.54, 1.807) is 12.1 Å². The quantitative estimate of drug-likeness (QED) is 0.717. The van der Waals surface area contributed by atoms with Crippen molar-refractivity contribution in [1.29, 1.82) is 0 Å². The molecule has 2 aromatic carbocycles. The summed E-state index contributed by atoms with van der Waals surface area (Å²) >= 11 is 6.04. The number of amides is 1. The monoisotopic (exact) mass is 313 g/mol. The molecule has 0 aliphatic rings. The second-order valence-electron chi connectivity index (χ2n) is 5.14. The normalized spacial score (nSPS) is 10.8. The summed E-state index contributed by atoms with van der Waals surface area (Å²) < 4.78 is 0. The van der Waals surface area contributed by atoms with Crippen LogP contribution in [0.4, 0.5) is 5.69 Å².